The number of primary sulfonamides is 2. The molecule has 0 bridgehead atoms. The largest absolute Gasteiger partial charge is 3.00 e. The van der Waals surface area contributed by atoms with Gasteiger partial charge in [-0.3, -0.25) is 9.59 Å². The van der Waals surface area contributed by atoms with Crippen LogP contribution in [0.15, 0.2) is 137 Å². The zero-order valence-electron chi connectivity index (χ0n) is 30.3. The Hall–Kier alpha value is -6.61. The van der Waals surface area contributed by atoms with Gasteiger partial charge in [0, 0.05) is 22.5 Å². The van der Waals surface area contributed by atoms with Gasteiger partial charge in [-0.15, -0.1) is 31.8 Å². The molecule has 4 N–H and O–H groups in total. The second-order valence-corrected chi connectivity index (χ2v) is 14.5. The molecule has 6 aromatic rings. The Morgan fingerprint density at radius 1 is 0.596 bits per heavy atom. The van der Waals surface area contributed by atoms with Crippen molar-refractivity contribution in [3.05, 3.63) is 140 Å². The van der Waals surface area contributed by atoms with Gasteiger partial charge in [-0.05, 0) is 48.5 Å². The maximum atomic E-state index is 12.6. The van der Waals surface area contributed by atoms with Gasteiger partial charge in [0.25, 0.3) is 11.1 Å². The first-order valence-electron chi connectivity index (χ1n) is 15.6. The minimum absolute atomic E-state index is 0. The van der Waals surface area contributed by atoms with E-state index in [1.165, 1.54) is 98.8 Å². The maximum absolute atomic E-state index is 12.6. The average Bonchev–Trinajstić information content (AvgIpc) is 3.61. The number of aromatic carboxylic acids is 2. The van der Waals surface area contributed by atoms with Crippen LogP contribution < -0.4 is 41.8 Å². The van der Waals surface area contributed by atoms with Crippen LogP contribution in [0.3, 0.4) is 0 Å². The number of aryl methyl sites for hydroxylation is 2. The van der Waals surface area contributed by atoms with Gasteiger partial charge in [0.15, 0.2) is 0 Å². The first-order valence-corrected chi connectivity index (χ1v) is 18.7. The number of nitrogens with two attached hydrogens (primary N) is 2. The third kappa shape index (κ3) is 9.99. The molecule has 6 rings (SSSR count). The van der Waals surface area contributed by atoms with Crippen molar-refractivity contribution < 1.29 is 55.4 Å². The fourth-order valence-electron chi connectivity index (χ4n) is 4.84. The van der Waals surface area contributed by atoms with Crippen LogP contribution in [0.1, 0.15) is 33.5 Å². The zero-order valence-corrected chi connectivity index (χ0v) is 32.2. The van der Waals surface area contributed by atoms with E-state index in [0.29, 0.717) is 0 Å². The van der Waals surface area contributed by atoms with E-state index in [4.69, 9.17) is 10.3 Å². The molecule has 0 saturated carbocycles. The van der Waals surface area contributed by atoms with E-state index in [2.05, 4.69) is 30.7 Å². The molecule has 4 aromatic carbocycles. The number of benzene rings is 4. The van der Waals surface area contributed by atoms with Crippen molar-refractivity contribution in [2.24, 2.45) is 30.7 Å². The molecule has 2 aromatic heterocycles. The average molecular weight is 852 g/mol. The Morgan fingerprint density at radius 2 is 0.947 bits per heavy atom. The number of carbonyl (C=O) groups is 2. The summed E-state index contributed by atoms with van der Waals surface area (Å²) in [6, 6.07) is 22.4. The van der Waals surface area contributed by atoms with Gasteiger partial charge in [0.2, 0.25) is 20.0 Å². The molecular formula is C34H27CrN10O10S2. The smallest absolute Gasteiger partial charge is 0.589 e. The van der Waals surface area contributed by atoms with E-state index in [1.54, 1.807) is 12.1 Å². The Balaban J connectivity index is 0.000000300. The molecular weight excluding hydrogens is 825 g/mol. The summed E-state index contributed by atoms with van der Waals surface area (Å²) in [4.78, 5) is 47.1. The molecule has 23 heteroatoms. The molecule has 0 unspecified atom stereocenters. The summed E-state index contributed by atoms with van der Waals surface area (Å²) in [5, 5.41) is 55.9. The SMILES string of the molecule is Cc1[n-]n(-c2cccc(S(N)(=O)=O)c2)c(=O)c1N=Nc1ccccc1C(=O)[O-].Cc1[n-]n(-c2cccc(S(N)(=O)=O)c2)c(=O)c1N=Nc1ccccc1C(=O)[O-].[Cr+3].[H+]. The van der Waals surface area contributed by atoms with Gasteiger partial charge in [-0.25, -0.2) is 27.1 Å². The van der Waals surface area contributed by atoms with Crippen molar-refractivity contribution in [1.29, 1.82) is 0 Å². The van der Waals surface area contributed by atoms with Crippen molar-refractivity contribution in [2.45, 2.75) is 23.6 Å². The van der Waals surface area contributed by atoms with E-state index < -0.39 is 43.1 Å². The van der Waals surface area contributed by atoms with Gasteiger partial charge >= 0.3 is 18.8 Å². The standard InChI is InChI=1S/2C17H15N5O5S.Cr/c2*1-10-15(20-19-14-8-3-2-7-13(14)17(24)25)16(23)22(21-10)11-5-4-6-12(9-11)28(18,26)27;/h2*2-9H,1H3,(H4,18,19,21,23,24,25,26,27);/q;;+3/p-3. The fourth-order valence-corrected chi connectivity index (χ4v) is 5.94. The molecule has 0 aliphatic carbocycles. The van der Waals surface area contributed by atoms with E-state index in [0.717, 1.165) is 9.36 Å². The summed E-state index contributed by atoms with van der Waals surface area (Å²) in [5.41, 5.74) is -1.06. The second-order valence-electron chi connectivity index (χ2n) is 11.4. The second kappa shape index (κ2) is 17.5. The van der Waals surface area contributed by atoms with Gasteiger partial charge in [0.1, 0.15) is 11.4 Å². The normalized spacial score (nSPS) is 11.6. The van der Waals surface area contributed by atoms with Gasteiger partial charge in [-0.1, -0.05) is 62.4 Å². The molecule has 0 aliphatic heterocycles. The maximum Gasteiger partial charge on any atom is 3.00 e. The molecule has 20 nitrogen and oxygen atoms in total. The van der Waals surface area contributed by atoms with Crippen molar-refractivity contribution in [1.82, 2.24) is 19.6 Å². The van der Waals surface area contributed by atoms with Crippen molar-refractivity contribution in [3.63, 3.8) is 0 Å². The molecule has 291 valence electrons. The van der Waals surface area contributed by atoms with Crippen LogP contribution in [0.2, 0.25) is 0 Å². The Morgan fingerprint density at radius 3 is 1.28 bits per heavy atom. The molecule has 57 heavy (non-hydrogen) atoms. The topological polar surface area (TPSA) is 322 Å². The minimum atomic E-state index is -3.96. The number of aromatic nitrogens is 4. The summed E-state index contributed by atoms with van der Waals surface area (Å²) in [5.74, 6) is -2.85. The number of nitrogens with zero attached hydrogens (tertiary/aromatic N) is 8. The summed E-state index contributed by atoms with van der Waals surface area (Å²) < 4.78 is 47.9. The van der Waals surface area contributed by atoms with Crippen LogP contribution in [0, 0.1) is 13.8 Å². The minimum Gasteiger partial charge on any atom is -0.589 e. The van der Waals surface area contributed by atoms with Gasteiger partial charge in [-0.2, -0.15) is 0 Å². The number of carboxylic acids is 2. The van der Waals surface area contributed by atoms with Crippen LogP contribution in [0.25, 0.3) is 11.4 Å². The van der Waals surface area contributed by atoms with Crippen LogP contribution in [-0.2, 0) is 37.4 Å². The predicted molar refractivity (Wildman–Crippen MR) is 194 cm³/mol. The fraction of sp³-hybridized carbons (Fsp3) is 0.0588. The van der Waals surface area contributed by atoms with Crippen molar-refractivity contribution in [3.8, 4) is 11.4 Å². The Labute approximate surface area is 334 Å². The number of rotatable bonds is 10. The van der Waals surface area contributed by atoms with Gasteiger partial charge in [0.05, 0.1) is 33.1 Å². The monoisotopic (exact) mass is 851 g/mol. The van der Waals surface area contributed by atoms with E-state index >= 15 is 0 Å². The first kappa shape index (κ1) is 43.1. The van der Waals surface area contributed by atoms with Crippen molar-refractivity contribution in [2.75, 3.05) is 0 Å². The van der Waals surface area contributed by atoms with Crippen LogP contribution in [0.4, 0.5) is 22.7 Å². The number of carboxylic acid groups (broad SMARTS) is 2. The number of carbonyl (C=O) groups excluding carboxylic acids is 2. The molecule has 0 aliphatic rings. The first-order chi connectivity index (χ1) is 26.4. The summed E-state index contributed by atoms with van der Waals surface area (Å²) >= 11 is 0. The molecule has 0 atom stereocenters. The quantitative estimate of drug-likeness (QED) is 0.184. The predicted octanol–water partition coefficient (Wildman–Crippen LogP) is 1.17. The Bertz CT molecular complexity index is 2730. The van der Waals surface area contributed by atoms with Crippen LogP contribution in [-0.4, -0.2) is 38.1 Å². The molecule has 2 heterocycles. The summed E-state index contributed by atoms with van der Waals surface area (Å²) in [7, 11) is -7.91. The zero-order chi connectivity index (χ0) is 40.9. The Kier molecular flexibility index (Phi) is 13.2. The molecule has 0 saturated heterocycles. The van der Waals surface area contributed by atoms with Crippen LogP contribution >= 0.6 is 0 Å². The van der Waals surface area contributed by atoms with E-state index in [9.17, 15) is 46.2 Å². The molecule has 1 radical (unpaired) electrons. The van der Waals surface area contributed by atoms with Gasteiger partial charge < -0.3 is 39.4 Å². The summed E-state index contributed by atoms with van der Waals surface area (Å²) in [6.45, 7) is 3.03. The third-order valence-corrected chi connectivity index (χ3v) is 9.34. The molecule has 0 spiro atoms. The summed E-state index contributed by atoms with van der Waals surface area (Å²) in [6.07, 6.45) is 0. The van der Waals surface area contributed by atoms with E-state index in [-0.39, 0.29) is 85.2 Å². The number of azo groups is 2. The van der Waals surface area contributed by atoms with Crippen LogP contribution in [0.5, 0.6) is 0 Å². The molecule has 0 amide bonds. The number of hydrogen-bond acceptors (Lipinski definition) is 14. The molecule has 0 fully saturated rings. The van der Waals surface area contributed by atoms with Crippen molar-refractivity contribution >= 4 is 54.7 Å². The third-order valence-electron chi connectivity index (χ3n) is 7.52. The number of sulfonamides is 2. The van der Waals surface area contributed by atoms with E-state index in [1.807, 2.05) is 0 Å². The number of hydrogen-bond donors (Lipinski definition) is 2.